The average Bonchev–Trinajstić information content (AvgIpc) is 2.48. The Morgan fingerprint density at radius 3 is 2.75 bits per heavy atom. The van der Waals surface area contributed by atoms with Gasteiger partial charge in [-0.05, 0) is 37.6 Å². The van der Waals surface area contributed by atoms with Gasteiger partial charge in [0.2, 0.25) is 0 Å². The van der Waals surface area contributed by atoms with Crippen LogP contribution >= 0.6 is 11.8 Å². The number of hydrogen-bond donors (Lipinski definition) is 1. The molecule has 0 saturated heterocycles. The smallest absolute Gasteiger partial charge is 0.115 e. The van der Waals surface area contributed by atoms with Crippen LogP contribution in [0.5, 0.6) is 0 Å². The van der Waals surface area contributed by atoms with E-state index in [9.17, 15) is 0 Å². The molecule has 4 heteroatoms. The Kier molecular flexibility index (Phi) is 5.44. The van der Waals surface area contributed by atoms with Crippen LogP contribution in [0.15, 0.2) is 23.6 Å². The van der Waals surface area contributed by atoms with Crippen molar-refractivity contribution in [2.24, 2.45) is 11.3 Å². The molecule has 0 aliphatic heterocycles. The third-order valence-electron chi connectivity index (χ3n) is 4.99. The van der Waals surface area contributed by atoms with Crippen LogP contribution in [-0.4, -0.2) is 28.3 Å². The molecule has 0 bridgehead atoms. The number of aromatic nitrogens is 2. The van der Waals surface area contributed by atoms with Crippen LogP contribution in [0.3, 0.4) is 0 Å². The maximum absolute atomic E-state index is 4.42. The Morgan fingerprint density at radius 1 is 1.35 bits per heavy atom. The Morgan fingerprint density at radius 2 is 2.15 bits per heavy atom. The maximum Gasteiger partial charge on any atom is 0.115 e. The number of hydrogen-bond acceptors (Lipinski definition) is 4. The molecule has 20 heavy (non-hydrogen) atoms. The van der Waals surface area contributed by atoms with E-state index in [4.69, 9.17) is 0 Å². The van der Waals surface area contributed by atoms with Crippen LogP contribution in [0.25, 0.3) is 0 Å². The van der Waals surface area contributed by atoms with E-state index in [1.54, 1.807) is 12.4 Å². The molecule has 0 aromatic carbocycles. The van der Waals surface area contributed by atoms with E-state index < -0.39 is 0 Å². The summed E-state index contributed by atoms with van der Waals surface area (Å²) in [6.45, 7) is 7.15. The molecule has 3 nitrogen and oxygen atoms in total. The van der Waals surface area contributed by atoms with Crippen LogP contribution in [0.4, 0.5) is 0 Å². The minimum Gasteiger partial charge on any atom is -0.316 e. The van der Waals surface area contributed by atoms with Gasteiger partial charge in [-0.2, -0.15) is 0 Å². The second kappa shape index (κ2) is 6.90. The van der Waals surface area contributed by atoms with Crippen LogP contribution in [0.2, 0.25) is 0 Å². The zero-order valence-electron chi connectivity index (χ0n) is 13.1. The molecule has 112 valence electrons. The fraction of sp³-hybridized carbons (Fsp3) is 0.750. The molecule has 2 rings (SSSR count). The van der Waals surface area contributed by atoms with Gasteiger partial charge in [-0.3, -0.25) is 4.98 Å². The normalized spacial score (nSPS) is 27.5. The minimum absolute atomic E-state index is 0.444. The third-order valence-corrected chi connectivity index (χ3v) is 6.27. The van der Waals surface area contributed by atoms with E-state index in [-0.39, 0.29) is 0 Å². The van der Waals surface area contributed by atoms with Crippen molar-refractivity contribution in [3.63, 3.8) is 0 Å². The van der Waals surface area contributed by atoms with Crippen molar-refractivity contribution in [2.75, 3.05) is 7.05 Å². The first-order chi connectivity index (χ1) is 9.56. The minimum atomic E-state index is 0.444. The fourth-order valence-corrected chi connectivity index (χ4v) is 4.41. The van der Waals surface area contributed by atoms with Crippen molar-refractivity contribution in [2.45, 2.75) is 62.8 Å². The first kappa shape index (κ1) is 15.8. The molecule has 1 heterocycles. The average molecular weight is 293 g/mol. The van der Waals surface area contributed by atoms with Gasteiger partial charge in [0.15, 0.2) is 0 Å². The molecule has 3 unspecified atom stereocenters. The van der Waals surface area contributed by atoms with Crippen LogP contribution in [-0.2, 0) is 0 Å². The molecule has 1 aliphatic carbocycles. The number of thioether (sulfide) groups is 1. The Balaban J connectivity index is 2.07. The molecule has 1 aromatic heterocycles. The molecule has 1 saturated carbocycles. The summed E-state index contributed by atoms with van der Waals surface area (Å²) in [6.07, 6.45) is 10.5. The van der Waals surface area contributed by atoms with Gasteiger partial charge in [0.1, 0.15) is 5.03 Å². The highest BCUT2D eigenvalue weighted by molar-refractivity contribution is 7.99. The number of nitrogens with one attached hydrogen (secondary N) is 1. The van der Waals surface area contributed by atoms with Crippen molar-refractivity contribution in [1.29, 1.82) is 0 Å². The van der Waals surface area contributed by atoms with Gasteiger partial charge in [-0.1, -0.05) is 39.0 Å². The summed E-state index contributed by atoms with van der Waals surface area (Å²) in [7, 11) is 2.08. The Hall–Kier alpha value is -0.610. The van der Waals surface area contributed by atoms with E-state index in [2.05, 4.69) is 43.1 Å². The number of nitrogens with zero attached hydrogens (tertiary/aromatic N) is 2. The van der Waals surface area contributed by atoms with Gasteiger partial charge in [0.05, 0.1) is 6.20 Å². The van der Waals surface area contributed by atoms with Gasteiger partial charge < -0.3 is 5.32 Å². The van der Waals surface area contributed by atoms with Gasteiger partial charge in [-0.15, -0.1) is 0 Å². The Labute approximate surface area is 127 Å². The largest absolute Gasteiger partial charge is 0.316 e. The molecule has 0 amide bonds. The first-order valence-corrected chi connectivity index (χ1v) is 8.54. The van der Waals surface area contributed by atoms with E-state index >= 15 is 0 Å². The van der Waals surface area contributed by atoms with Crippen molar-refractivity contribution >= 4 is 11.8 Å². The second-order valence-electron chi connectivity index (χ2n) is 6.45. The van der Waals surface area contributed by atoms with E-state index in [0.717, 1.165) is 10.9 Å². The molecule has 1 aromatic rings. The first-order valence-electron chi connectivity index (χ1n) is 7.66. The lowest BCUT2D eigenvalue weighted by atomic mass is 9.68. The van der Waals surface area contributed by atoms with Crippen LogP contribution in [0, 0.1) is 11.3 Å². The van der Waals surface area contributed by atoms with Gasteiger partial charge in [0, 0.05) is 23.7 Å². The predicted molar refractivity (Wildman–Crippen MR) is 85.9 cm³/mol. The molecular weight excluding hydrogens is 266 g/mol. The van der Waals surface area contributed by atoms with Crippen molar-refractivity contribution in [3.05, 3.63) is 18.6 Å². The van der Waals surface area contributed by atoms with Crippen LogP contribution < -0.4 is 5.32 Å². The van der Waals surface area contributed by atoms with Gasteiger partial charge in [-0.25, -0.2) is 4.98 Å². The molecule has 1 aliphatic rings. The molecule has 1 fully saturated rings. The zero-order valence-corrected chi connectivity index (χ0v) is 13.9. The van der Waals surface area contributed by atoms with Crippen molar-refractivity contribution in [3.8, 4) is 0 Å². The van der Waals surface area contributed by atoms with Crippen molar-refractivity contribution in [1.82, 2.24) is 15.3 Å². The summed E-state index contributed by atoms with van der Waals surface area (Å²) >= 11 is 1.89. The molecule has 1 N–H and O–H groups in total. The predicted octanol–water partition coefficient (Wildman–Crippen LogP) is 3.76. The van der Waals surface area contributed by atoms with E-state index in [1.807, 2.05) is 18.0 Å². The van der Waals surface area contributed by atoms with Crippen LogP contribution in [0.1, 0.15) is 46.5 Å². The lowest BCUT2D eigenvalue weighted by Crippen LogP contribution is -2.43. The van der Waals surface area contributed by atoms with Crippen molar-refractivity contribution < 1.29 is 0 Å². The number of rotatable bonds is 5. The summed E-state index contributed by atoms with van der Waals surface area (Å²) in [5, 5.41) is 5.14. The summed E-state index contributed by atoms with van der Waals surface area (Å²) in [5.41, 5.74) is 0.444. The maximum atomic E-state index is 4.42. The quantitative estimate of drug-likeness (QED) is 0.897. The summed E-state index contributed by atoms with van der Waals surface area (Å²) < 4.78 is 0. The summed E-state index contributed by atoms with van der Waals surface area (Å²) in [4.78, 5) is 8.60. The molecular formula is C16H27N3S. The monoisotopic (exact) mass is 293 g/mol. The molecule has 3 atom stereocenters. The van der Waals surface area contributed by atoms with Gasteiger partial charge >= 0.3 is 0 Å². The third kappa shape index (κ3) is 3.73. The highest BCUT2D eigenvalue weighted by Crippen LogP contribution is 2.44. The molecule has 0 radical (unpaired) electrons. The summed E-state index contributed by atoms with van der Waals surface area (Å²) in [6, 6.07) is 0.589. The van der Waals surface area contributed by atoms with Gasteiger partial charge in [0.25, 0.3) is 0 Å². The highest BCUT2D eigenvalue weighted by atomic mass is 32.2. The van der Waals surface area contributed by atoms with E-state index in [0.29, 0.717) is 16.7 Å². The fourth-order valence-electron chi connectivity index (χ4n) is 3.09. The highest BCUT2D eigenvalue weighted by Gasteiger charge is 2.37. The second-order valence-corrected chi connectivity index (χ2v) is 7.71. The summed E-state index contributed by atoms with van der Waals surface area (Å²) in [5.74, 6) is 0.811. The topological polar surface area (TPSA) is 37.8 Å². The Bertz CT molecular complexity index is 407. The lowest BCUT2D eigenvalue weighted by molar-refractivity contribution is 0.142. The molecule has 0 spiro atoms. The SMILES string of the molecule is CCC(C)(C)C1CCC(NC)C(Sc2cnccn2)C1. The zero-order chi connectivity index (χ0) is 14.6. The lowest BCUT2D eigenvalue weighted by Gasteiger charge is -2.42. The standard InChI is InChI=1S/C16H27N3S/c1-5-16(2,3)12-6-7-13(17-4)14(10-12)20-15-11-18-8-9-19-15/h8-9,11-14,17H,5-7,10H2,1-4H3. The van der Waals surface area contributed by atoms with E-state index in [1.165, 1.54) is 25.7 Å².